The molecule has 1 fully saturated rings. The van der Waals surface area contributed by atoms with Crippen molar-refractivity contribution < 1.29 is 22.8 Å². The molecule has 2 N–H and O–H groups in total. The molecule has 9 heteroatoms. The van der Waals surface area contributed by atoms with Crippen LogP contribution < -0.4 is 15.5 Å². The first-order chi connectivity index (χ1) is 14.9. The van der Waals surface area contributed by atoms with Gasteiger partial charge in [-0.3, -0.25) is 14.4 Å². The number of hydrogen-bond donors (Lipinski definition) is 2. The molecule has 1 aromatic rings. The summed E-state index contributed by atoms with van der Waals surface area (Å²) in [5, 5.41) is 4.94. The molecule has 0 spiro atoms. The van der Waals surface area contributed by atoms with Crippen LogP contribution in [-0.4, -0.2) is 56.8 Å². The van der Waals surface area contributed by atoms with Crippen molar-refractivity contribution in [2.75, 3.05) is 29.5 Å². The lowest BCUT2D eigenvalue weighted by molar-refractivity contribution is -0.139. The van der Waals surface area contributed by atoms with E-state index in [1.807, 2.05) is 0 Å². The third kappa shape index (κ3) is 6.65. The molecule has 1 aliphatic carbocycles. The van der Waals surface area contributed by atoms with Crippen LogP contribution in [0.25, 0.3) is 0 Å². The molecule has 0 saturated carbocycles. The fourth-order valence-corrected chi connectivity index (χ4v) is 5.70. The number of rotatable bonds is 7. The molecule has 1 aliphatic heterocycles. The lowest BCUT2D eigenvalue weighted by Crippen LogP contribution is -2.49. The number of nitrogens with one attached hydrogen (secondary N) is 2. The van der Waals surface area contributed by atoms with Crippen LogP contribution in [-0.2, 0) is 24.2 Å². The van der Waals surface area contributed by atoms with E-state index in [0.29, 0.717) is 18.7 Å². The van der Waals surface area contributed by atoms with E-state index < -0.39 is 33.6 Å². The maximum atomic E-state index is 12.9. The standard InChI is InChI=1S/C22H29N3O5S/c26-20(15-24-22(28)21(27)23-13-11-17-7-3-1-4-8-17)25(18-9-5-2-6-10-18)19-12-14-31(29,30)16-19/h2,5-7,9-10,19H,1,3-4,8,11-16H2,(H,23,27)(H,24,28). The molecule has 8 nitrogen and oxygen atoms in total. The number of allylic oxidation sites excluding steroid dienone is 1. The van der Waals surface area contributed by atoms with Gasteiger partial charge in [-0.15, -0.1) is 0 Å². The Morgan fingerprint density at radius 2 is 1.77 bits per heavy atom. The third-order valence-electron chi connectivity index (χ3n) is 5.60. The van der Waals surface area contributed by atoms with Gasteiger partial charge >= 0.3 is 11.8 Å². The maximum Gasteiger partial charge on any atom is 0.309 e. The van der Waals surface area contributed by atoms with Gasteiger partial charge in [0.25, 0.3) is 0 Å². The largest absolute Gasteiger partial charge is 0.348 e. The minimum atomic E-state index is -3.20. The molecule has 1 atom stereocenters. The van der Waals surface area contributed by atoms with Gasteiger partial charge in [-0.2, -0.15) is 0 Å². The van der Waals surface area contributed by atoms with Crippen LogP contribution in [0.2, 0.25) is 0 Å². The van der Waals surface area contributed by atoms with Crippen molar-refractivity contribution in [3.63, 3.8) is 0 Å². The number of benzene rings is 1. The Kier molecular flexibility index (Phi) is 7.84. The van der Waals surface area contributed by atoms with Gasteiger partial charge in [0.1, 0.15) is 0 Å². The molecule has 168 valence electrons. The van der Waals surface area contributed by atoms with Crippen molar-refractivity contribution in [2.24, 2.45) is 0 Å². The minimum Gasteiger partial charge on any atom is -0.348 e. The van der Waals surface area contributed by atoms with Gasteiger partial charge in [0.05, 0.1) is 24.1 Å². The van der Waals surface area contributed by atoms with E-state index in [1.54, 1.807) is 30.3 Å². The zero-order chi connectivity index (χ0) is 22.3. The molecule has 2 aliphatic rings. The van der Waals surface area contributed by atoms with Gasteiger partial charge < -0.3 is 15.5 Å². The second-order valence-corrected chi connectivity index (χ2v) is 10.2. The van der Waals surface area contributed by atoms with E-state index in [4.69, 9.17) is 0 Å². The van der Waals surface area contributed by atoms with Crippen LogP contribution in [0.5, 0.6) is 0 Å². The third-order valence-corrected chi connectivity index (χ3v) is 7.35. The van der Waals surface area contributed by atoms with Crippen molar-refractivity contribution in [1.29, 1.82) is 0 Å². The van der Waals surface area contributed by atoms with E-state index >= 15 is 0 Å². The van der Waals surface area contributed by atoms with Crippen LogP contribution >= 0.6 is 0 Å². The quantitative estimate of drug-likeness (QED) is 0.484. The summed E-state index contributed by atoms with van der Waals surface area (Å²) in [4.78, 5) is 38.4. The number of para-hydroxylation sites is 1. The smallest absolute Gasteiger partial charge is 0.309 e. The molecule has 1 unspecified atom stereocenters. The maximum absolute atomic E-state index is 12.9. The molecule has 31 heavy (non-hydrogen) atoms. The zero-order valence-corrected chi connectivity index (χ0v) is 18.3. The lowest BCUT2D eigenvalue weighted by Gasteiger charge is -2.28. The molecular formula is C22H29N3O5S. The van der Waals surface area contributed by atoms with Gasteiger partial charge in [0.15, 0.2) is 9.84 Å². The predicted molar refractivity (Wildman–Crippen MR) is 118 cm³/mol. The number of anilines is 1. The molecule has 1 heterocycles. The van der Waals surface area contributed by atoms with Crippen LogP contribution in [0.3, 0.4) is 0 Å². The Morgan fingerprint density at radius 1 is 1.03 bits per heavy atom. The number of sulfone groups is 1. The van der Waals surface area contributed by atoms with Gasteiger partial charge in [0.2, 0.25) is 5.91 Å². The first-order valence-corrected chi connectivity index (χ1v) is 12.5. The Labute approximate surface area is 183 Å². The highest BCUT2D eigenvalue weighted by Crippen LogP contribution is 2.24. The molecule has 3 rings (SSSR count). The van der Waals surface area contributed by atoms with Crippen molar-refractivity contribution in [3.05, 3.63) is 42.0 Å². The highest BCUT2D eigenvalue weighted by Gasteiger charge is 2.35. The molecule has 0 radical (unpaired) electrons. The Bertz CT molecular complexity index is 943. The van der Waals surface area contributed by atoms with Crippen molar-refractivity contribution in [2.45, 2.75) is 44.6 Å². The first kappa shape index (κ1) is 23.0. The number of hydrogen-bond acceptors (Lipinski definition) is 5. The fourth-order valence-electron chi connectivity index (χ4n) is 4.00. The highest BCUT2D eigenvalue weighted by molar-refractivity contribution is 7.91. The number of nitrogens with zero attached hydrogens (tertiary/aromatic N) is 1. The molecule has 1 saturated heterocycles. The van der Waals surface area contributed by atoms with E-state index in [2.05, 4.69) is 16.7 Å². The van der Waals surface area contributed by atoms with E-state index in [9.17, 15) is 22.8 Å². The monoisotopic (exact) mass is 447 g/mol. The van der Waals surface area contributed by atoms with Gasteiger partial charge in [-0.05, 0) is 50.7 Å². The summed E-state index contributed by atoms with van der Waals surface area (Å²) in [6.07, 6.45) is 7.69. The second kappa shape index (κ2) is 10.6. The van der Waals surface area contributed by atoms with Crippen LogP contribution in [0.15, 0.2) is 42.0 Å². The first-order valence-electron chi connectivity index (χ1n) is 10.7. The van der Waals surface area contributed by atoms with Crippen LogP contribution in [0, 0.1) is 0 Å². The van der Waals surface area contributed by atoms with Crippen molar-refractivity contribution >= 4 is 33.2 Å². The second-order valence-electron chi connectivity index (χ2n) is 7.95. The lowest BCUT2D eigenvalue weighted by atomic mass is 9.97. The summed E-state index contributed by atoms with van der Waals surface area (Å²) >= 11 is 0. The molecule has 0 bridgehead atoms. The Hall–Kier alpha value is -2.68. The number of carbonyl (C=O) groups is 3. The predicted octanol–water partition coefficient (Wildman–Crippen LogP) is 1.33. The van der Waals surface area contributed by atoms with Gasteiger partial charge in [-0.1, -0.05) is 29.8 Å². The van der Waals surface area contributed by atoms with E-state index in [-0.39, 0.29) is 18.1 Å². The summed E-state index contributed by atoms with van der Waals surface area (Å²) in [6.45, 7) is -0.00897. The summed E-state index contributed by atoms with van der Waals surface area (Å²) < 4.78 is 23.8. The highest BCUT2D eigenvalue weighted by atomic mass is 32.2. The van der Waals surface area contributed by atoms with Gasteiger partial charge in [-0.25, -0.2) is 8.42 Å². The normalized spacial score (nSPS) is 19.9. The average Bonchev–Trinajstić information content (AvgIpc) is 3.12. The van der Waals surface area contributed by atoms with Crippen molar-refractivity contribution in [1.82, 2.24) is 10.6 Å². The summed E-state index contributed by atoms with van der Waals surface area (Å²) in [6, 6.07) is 8.26. The summed E-state index contributed by atoms with van der Waals surface area (Å²) in [7, 11) is -3.20. The molecule has 1 aromatic carbocycles. The molecular weight excluding hydrogens is 418 g/mol. The number of amides is 3. The van der Waals surface area contributed by atoms with E-state index in [0.717, 1.165) is 25.7 Å². The average molecular weight is 448 g/mol. The van der Waals surface area contributed by atoms with E-state index in [1.165, 1.54) is 16.9 Å². The topological polar surface area (TPSA) is 113 Å². The fraction of sp³-hybridized carbons (Fsp3) is 0.500. The Morgan fingerprint density at radius 3 is 2.42 bits per heavy atom. The SMILES string of the molecule is O=C(NCCC1=CCCCC1)C(=O)NCC(=O)N(c1ccccc1)C1CCS(=O)(=O)C1. The molecule has 0 aromatic heterocycles. The summed E-state index contributed by atoms with van der Waals surface area (Å²) in [5.74, 6) is -2.20. The number of carbonyl (C=O) groups excluding carboxylic acids is 3. The van der Waals surface area contributed by atoms with Crippen molar-refractivity contribution in [3.8, 4) is 0 Å². The zero-order valence-electron chi connectivity index (χ0n) is 17.5. The Balaban J connectivity index is 1.53. The van der Waals surface area contributed by atoms with Crippen LogP contribution in [0.4, 0.5) is 5.69 Å². The molecule has 3 amide bonds. The minimum absolute atomic E-state index is 0.0273. The van der Waals surface area contributed by atoms with Gasteiger partial charge in [0, 0.05) is 12.2 Å². The van der Waals surface area contributed by atoms with Crippen LogP contribution in [0.1, 0.15) is 38.5 Å². The summed E-state index contributed by atoms with van der Waals surface area (Å²) in [5.41, 5.74) is 1.86.